The molecule has 2 fully saturated rings. The number of nitrogens with two attached hydrogens (primary N) is 1. The van der Waals surface area contributed by atoms with E-state index in [0.29, 0.717) is 24.5 Å². The summed E-state index contributed by atoms with van der Waals surface area (Å²) in [6, 6.07) is 0. The van der Waals surface area contributed by atoms with Crippen molar-refractivity contribution in [2.45, 2.75) is 38.7 Å². The average molecular weight is 256 g/mol. The molecular formula is C12H20N2O2S. The van der Waals surface area contributed by atoms with Gasteiger partial charge in [-0.3, -0.25) is 4.79 Å². The number of rotatable bonds is 2. The molecule has 0 radical (unpaired) electrons. The second-order valence-electron chi connectivity index (χ2n) is 5.38. The molecule has 0 aromatic carbocycles. The fourth-order valence-corrected chi connectivity index (χ4v) is 3.01. The number of aliphatic hydroxyl groups is 1. The number of aliphatic hydroxyl groups excluding tert-OH is 1. The molecule has 1 aliphatic carbocycles. The molecule has 4 nitrogen and oxygen atoms in total. The number of hydrogen-bond donors (Lipinski definition) is 2. The van der Waals surface area contributed by atoms with E-state index >= 15 is 0 Å². The molecule has 0 bridgehead atoms. The van der Waals surface area contributed by atoms with E-state index in [1.165, 1.54) is 0 Å². The SMILES string of the molecule is CC1CN(C(=O)C2(C(N)=S)CCC2)CCC1O. The maximum Gasteiger partial charge on any atom is 0.235 e. The van der Waals surface area contributed by atoms with E-state index in [4.69, 9.17) is 18.0 Å². The predicted octanol–water partition coefficient (Wildman–Crippen LogP) is 0.672. The molecule has 2 rings (SSSR count). The molecule has 96 valence electrons. The highest BCUT2D eigenvalue weighted by Gasteiger charge is 2.49. The topological polar surface area (TPSA) is 66.6 Å². The van der Waals surface area contributed by atoms with Gasteiger partial charge in [0.15, 0.2) is 0 Å². The molecule has 0 spiro atoms. The smallest absolute Gasteiger partial charge is 0.235 e. The summed E-state index contributed by atoms with van der Waals surface area (Å²) in [6.07, 6.45) is 2.96. The van der Waals surface area contributed by atoms with Gasteiger partial charge in [-0.15, -0.1) is 0 Å². The highest BCUT2D eigenvalue weighted by atomic mass is 32.1. The lowest BCUT2D eigenvalue weighted by Gasteiger charge is -2.45. The number of likely N-dealkylation sites (tertiary alicyclic amines) is 1. The van der Waals surface area contributed by atoms with Gasteiger partial charge in [0.1, 0.15) is 0 Å². The van der Waals surface area contributed by atoms with Crippen LogP contribution in [-0.2, 0) is 4.79 Å². The van der Waals surface area contributed by atoms with Crippen LogP contribution in [0.5, 0.6) is 0 Å². The Morgan fingerprint density at radius 1 is 1.53 bits per heavy atom. The van der Waals surface area contributed by atoms with Crippen LogP contribution in [0.2, 0.25) is 0 Å². The molecule has 3 N–H and O–H groups in total. The first-order valence-corrected chi connectivity index (χ1v) is 6.65. The van der Waals surface area contributed by atoms with E-state index in [1.807, 2.05) is 11.8 Å². The maximum absolute atomic E-state index is 12.5. The van der Waals surface area contributed by atoms with Gasteiger partial charge in [0.25, 0.3) is 0 Å². The molecule has 0 aromatic rings. The average Bonchev–Trinajstić information content (AvgIpc) is 2.19. The van der Waals surface area contributed by atoms with Crippen molar-refractivity contribution >= 4 is 23.1 Å². The second kappa shape index (κ2) is 4.53. The van der Waals surface area contributed by atoms with E-state index in [9.17, 15) is 9.90 Å². The largest absolute Gasteiger partial charge is 0.393 e. The number of nitrogens with zero attached hydrogens (tertiary/aromatic N) is 1. The lowest BCUT2D eigenvalue weighted by atomic mass is 9.67. The third-order valence-corrected chi connectivity index (χ3v) is 4.63. The minimum absolute atomic E-state index is 0.0787. The van der Waals surface area contributed by atoms with Crippen molar-refractivity contribution in [3.8, 4) is 0 Å². The number of piperidine rings is 1. The van der Waals surface area contributed by atoms with Gasteiger partial charge < -0.3 is 15.7 Å². The van der Waals surface area contributed by atoms with Crippen LogP contribution in [0.4, 0.5) is 0 Å². The van der Waals surface area contributed by atoms with Crippen molar-refractivity contribution in [3.63, 3.8) is 0 Å². The highest BCUT2D eigenvalue weighted by Crippen LogP contribution is 2.43. The number of hydrogen-bond acceptors (Lipinski definition) is 3. The molecule has 5 heteroatoms. The van der Waals surface area contributed by atoms with Gasteiger partial charge >= 0.3 is 0 Å². The molecule has 2 aliphatic rings. The number of amides is 1. The maximum atomic E-state index is 12.5. The summed E-state index contributed by atoms with van der Waals surface area (Å²) in [6.45, 7) is 3.21. The van der Waals surface area contributed by atoms with Gasteiger partial charge in [0.05, 0.1) is 16.5 Å². The van der Waals surface area contributed by atoms with Crippen LogP contribution in [0.25, 0.3) is 0 Å². The Balaban J connectivity index is 2.07. The molecule has 1 saturated carbocycles. The van der Waals surface area contributed by atoms with Gasteiger partial charge in [-0.25, -0.2) is 0 Å². The minimum atomic E-state index is -0.572. The third-order valence-electron chi connectivity index (χ3n) is 4.24. The van der Waals surface area contributed by atoms with Crippen LogP contribution in [0.15, 0.2) is 0 Å². The molecule has 2 atom stereocenters. The first-order valence-electron chi connectivity index (χ1n) is 6.25. The van der Waals surface area contributed by atoms with Crippen molar-refractivity contribution < 1.29 is 9.90 Å². The Morgan fingerprint density at radius 3 is 2.59 bits per heavy atom. The van der Waals surface area contributed by atoms with Crippen molar-refractivity contribution in [3.05, 3.63) is 0 Å². The quantitative estimate of drug-likeness (QED) is 0.713. The molecular weight excluding hydrogens is 236 g/mol. The van der Waals surface area contributed by atoms with Crippen molar-refractivity contribution in [1.29, 1.82) is 0 Å². The Labute approximate surface area is 107 Å². The first kappa shape index (κ1) is 12.8. The lowest BCUT2D eigenvalue weighted by molar-refractivity contribution is -0.145. The normalized spacial score (nSPS) is 31.8. The van der Waals surface area contributed by atoms with Crippen LogP contribution in [0, 0.1) is 11.3 Å². The molecule has 0 aromatic heterocycles. The minimum Gasteiger partial charge on any atom is -0.393 e. The Kier molecular flexibility index (Phi) is 3.41. The highest BCUT2D eigenvalue weighted by molar-refractivity contribution is 7.80. The van der Waals surface area contributed by atoms with E-state index in [0.717, 1.165) is 19.3 Å². The summed E-state index contributed by atoms with van der Waals surface area (Å²) in [7, 11) is 0. The van der Waals surface area contributed by atoms with E-state index in [-0.39, 0.29) is 17.9 Å². The Bertz CT molecular complexity index is 341. The van der Waals surface area contributed by atoms with E-state index < -0.39 is 5.41 Å². The monoisotopic (exact) mass is 256 g/mol. The van der Waals surface area contributed by atoms with Crippen molar-refractivity contribution in [2.24, 2.45) is 17.1 Å². The van der Waals surface area contributed by atoms with Gasteiger partial charge in [-0.1, -0.05) is 25.6 Å². The molecule has 17 heavy (non-hydrogen) atoms. The Morgan fingerprint density at radius 2 is 2.18 bits per heavy atom. The third kappa shape index (κ3) is 2.06. The summed E-state index contributed by atoms with van der Waals surface area (Å²) in [5.74, 6) is 0.214. The number of carbonyl (C=O) groups excluding carboxylic acids is 1. The van der Waals surface area contributed by atoms with Gasteiger partial charge in [-0.05, 0) is 25.2 Å². The van der Waals surface area contributed by atoms with E-state index in [2.05, 4.69) is 0 Å². The second-order valence-corrected chi connectivity index (χ2v) is 5.82. The summed E-state index contributed by atoms with van der Waals surface area (Å²) in [5.41, 5.74) is 5.16. The fourth-order valence-electron chi connectivity index (χ4n) is 2.72. The van der Waals surface area contributed by atoms with Gasteiger partial charge in [-0.2, -0.15) is 0 Å². The van der Waals surface area contributed by atoms with Gasteiger partial charge in [0, 0.05) is 13.1 Å². The Hall–Kier alpha value is -0.680. The standard InChI is InChI=1S/C12H20N2O2S/c1-8-7-14(6-3-9(8)15)11(16)12(10(13)17)4-2-5-12/h8-9,15H,2-7H2,1H3,(H2,13,17). The molecule has 1 saturated heterocycles. The summed E-state index contributed by atoms with van der Waals surface area (Å²) in [4.78, 5) is 14.6. The number of carbonyl (C=O) groups is 1. The molecule has 1 amide bonds. The zero-order chi connectivity index (χ0) is 12.6. The zero-order valence-electron chi connectivity index (χ0n) is 10.2. The molecule has 2 unspecified atom stereocenters. The zero-order valence-corrected chi connectivity index (χ0v) is 11.0. The molecule has 1 heterocycles. The predicted molar refractivity (Wildman–Crippen MR) is 69.4 cm³/mol. The van der Waals surface area contributed by atoms with Crippen LogP contribution < -0.4 is 5.73 Å². The van der Waals surface area contributed by atoms with Crippen LogP contribution in [0.1, 0.15) is 32.6 Å². The molecule has 1 aliphatic heterocycles. The van der Waals surface area contributed by atoms with Crippen molar-refractivity contribution in [1.82, 2.24) is 4.90 Å². The first-order chi connectivity index (χ1) is 7.97. The summed E-state index contributed by atoms with van der Waals surface area (Å²) in [5, 5.41) is 9.67. The van der Waals surface area contributed by atoms with Crippen LogP contribution in [0.3, 0.4) is 0 Å². The fraction of sp³-hybridized carbons (Fsp3) is 0.833. The summed E-state index contributed by atoms with van der Waals surface area (Å²) < 4.78 is 0. The summed E-state index contributed by atoms with van der Waals surface area (Å²) >= 11 is 5.06. The van der Waals surface area contributed by atoms with Crippen molar-refractivity contribution in [2.75, 3.05) is 13.1 Å². The lowest BCUT2D eigenvalue weighted by Crippen LogP contribution is -2.57. The van der Waals surface area contributed by atoms with Crippen LogP contribution >= 0.6 is 12.2 Å². The van der Waals surface area contributed by atoms with Crippen LogP contribution in [-0.4, -0.2) is 40.1 Å². The van der Waals surface area contributed by atoms with Gasteiger partial charge in [0.2, 0.25) is 5.91 Å². The van der Waals surface area contributed by atoms with E-state index in [1.54, 1.807) is 0 Å². The number of thiocarbonyl (C=S) groups is 1.